The van der Waals surface area contributed by atoms with Gasteiger partial charge in [0.05, 0.1) is 27.6 Å². The number of hydrogen-bond acceptors (Lipinski definition) is 3. The van der Waals surface area contributed by atoms with Crippen LogP contribution in [-0.2, 0) is 16.6 Å². The number of anilines is 1. The Morgan fingerprint density at radius 2 is 1.69 bits per heavy atom. The maximum Gasteiger partial charge on any atom is 0.264 e. The number of nitrogens with zero attached hydrogens (tertiary/aromatic N) is 2. The molecule has 3 aromatic carbocycles. The van der Waals surface area contributed by atoms with Crippen molar-refractivity contribution < 1.29 is 8.42 Å². The van der Waals surface area contributed by atoms with Crippen molar-refractivity contribution in [3.05, 3.63) is 86.1 Å². The molecule has 0 aliphatic rings. The second-order valence-corrected chi connectivity index (χ2v) is 10.6. The molecule has 0 aliphatic carbocycles. The summed E-state index contributed by atoms with van der Waals surface area (Å²) < 4.78 is 31.1. The fourth-order valence-electron chi connectivity index (χ4n) is 3.65. The van der Waals surface area contributed by atoms with Crippen LogP contribution in [0.25, 0.3) is 11.0 Å². The number of hydrogen-bond donors (Lipinski definition) is 1. The molecule has 166 valence electrons. The molecular formula is C23H20Cl3N3O2S. The largest absolute Gasteiger partial charge is 0.326 e. The van der Waals surface area contributed by atoms with E-state index in [4.69, 9.17) is 34.8 Å². The van der Waals surface area contributed by atoms with Gasteiger partial charge in [0.1, 0.15) is 10.4 Å². The highest BCUT2D eigenvalue weighted by Crippen LogP contribution is 2.36. The first-order valence-corrected chi connectivity index (χ1v) is 12.4. The average Bonchev–Trinajstić information content (AvgIpc) is 3.06. The minimum absolute atomic E-state index is 0.0541. The molecule has 1 heterocycles. The van der Waals surface area contributed by atoms with Gasteiger partial charge < -0.3 is 4.57 Å². The van der Waals surface area contributed by atoms with Crippen LogP contribution in [0.4, 0.5) is 5.69 Å². The molecule has 0 aliphatic heterocycles. The zero-order chi connectivity index (χ0) is 23.2. The number of sulfonamides is 1. The molecular weight excluding hydrogens is 489 g/mol. The van der Waals surface area contributed by atoms with Gasteiger partial charge >= 0.3 is 0 Å². The second-order valence-electron chi connectivity index (χ2n) is 7.73. The molecule has 0 radical (unpaired) electrons. The van der Waals surface area contributed by atoms with Gasteiger partial charge in [0.2, 0.25) is 0 Å². The number of fused-ring (bicyclic) bond motifs is 1. The Kier molecular flexibility index (Phi) is 6.16. The predicted molar refractivity (Wildman–Crippen MR) is 132 cm³/mol. The van der Waals surface area contributed by atoms with Crippen LogP contribution in [0.1, 0.15) is 22.3 Å². The van der Waals surface area contributed by atoms with Gasteiger partial charge in [-0.1, -0.05) is 64.6 Å². The van der Waals surface area contributed by atoms with Crippen molar-refractivity contribution in [1.29, 1.82) is 0 Å². The Labute approximate surface area is 202 Å². The van der Waals surface area contributed by atoms with E-state index in [0.29, 0.717) is 17.7 Å². The van der Waals surface area contributed by atoms with Crippen LogP contribution in [0.5, 0.6) is 0 Å². The third-order valence-corrected chi connectivity index (χ3v) is 7.83. The summed E-state index contributed by atoms with van der Waals surface area (Å²) in [5.41, 5.74) is 5.75. The third kappa shape index (κ3) is 4.33. The molecule has 0 amide bonds. The average molecular weight is 509 g/mol. The highest BCUT2D eigenvalue weighted by atomic mass is 35.5. The molecule has 4 rings (SSSR count). The molecule has 0 saturated carbocycles. The Hall–Kier alpha value is -2.25. The number of nitrogens with one attached hydrogen (secondary N) is 1. The summed E-state index contributed by atoms with van der Waals surface area (Å²) in [6, 6.07) is 12.9. The van der Waals surface area contributed by atoms with Crippen LogP contribution in [0.3, 0.4) is 0 Å². The molecule has 0 bridgehead atoms. The molecule has 0 spiro atoms. The SMILES string of the molecule is Cc1cccc(Cn2cnc3c(NS(=O)(=O)c4c(Cl)cc(Cl)cc4Cl)c(C)c(C)cc32)c1. The normalized spacial score (nSPS) is 11.8. The molecule has 0 fully saturated rings. The van der Waals surface area contributed by atoms with Gasteiger partial charge in [0, 0.05) is 11.6 Å². The quantitative estimate of drug-likeness (QED) is 0.323. The van der Waals surface area contributed by atoms with Gasteiger partial charge in [-0.3, -0.25) is 4.72 Å². The highest BCUT2D eigenvalue weighted by Gasteiger charge is 2.25. The van der Waals surface area contributed by atoms with E-state index in [9.17, 15) is 8.42 Å². The summed E-state index contributed by atoms with van der Waals surface area (Å²) in [6.07, 6.45) is 1.71. The molecule has 9 heteroatoms. The number of halogens is 3. The zero-order valence-corrected chi connectivity index (χ0v) is 20.7. The first-order chi connectivity index (χ1) is 15.1. The van der Waals surface area contributed by atoms with E-state index in [1.807, 2.05) is 49.6 Å². The Morgan fingerprint density at radius 1 is 1.00 bits per heavy atom. The summed E-state index contributed by atoms with van der Waals surface area (Å²) in [4.78, 5) is 4.30. The number of rotatable bonds is 5. The van der Waals surface area contributed by atoms with Crippen LogP contribution in [0.2, 0.25) is 15.1 Å². The third-order valence-electron chi connectivity index (χ3n) is 5.34. The lowest BCUT2D eigenvalue weighted by molar-refractivity contribution is 0.601. The maximum atomic E-state index is 13.2. The molecule has 0 unspecified atom stereocenters. The second kappa shape index (κ2) is 8.60. The Balaban J connectivity index is 1.81. The van der Waals surface area contributed by atoms with Gasteiger partial charge in [-0.15, -0.1) is 0 Å². The first-order valence-electron chi connectivity index (χ1n) is 9.75. The summed E-state index contributed by atoms with van der Waals surface area (Å²) in [6.45, 7) is 6.43. The summed E-state index contributed by atoms with van der Waals surface area (Å²) in [5.74, 6) is 0. The molecule has 1 N–H and O–H groups in total. The minimum atomic E-state index is -4.10. The van der Waals surface area contributed by atoms with Crippen LogP contribution in [0.15, 0.2) is 53.7 Å². The first kappa shape index (κ1) is 22.9. The van der Waals surface area contributed by atoms with Crippen LogP contribution in [-0.4, -0.2) is 18.0 Å². The molecule has 0 saturated heterocycles. The Bertz CT molecular complexity index is 1440. The van der Waals surface area contributed by atoms with E-state index in [1.54, 1.807) is 6.33 Å². The summed E-state index contributed by atoms with van der Waals surface area (Å²) >= 11 is 18.3. The van der Waals surface area contributed by atoms with Crippen molar-refractivity contribution in [1.82, 2.24) is 9.55 Å². The maximum absolute atomic E-state index is 13.2. The fourth-order valence-corrected chi connectivity index (χ4v) is 6.33. The van der Waals surface area contributed by atoms with Crippen LogP contribution in [0, 0.1) is 20.8 Å². The van der Waals surface area contributed by atoms with E-state index in [1.165, 1.54) is 17.7 Å². The lowest BCUT2D eigenvalue weighted by Gasteiger charge is -2.16. The van der Waals surface area contributed by atoms with E-state index >= 15 is 0 Å². The van der Waals surface area contributed by atoms with E-state index in [2.05, 4.69) is 15.8 Å². The topological polar surface area (TPSA) is 64.0 Å². The number of imidazole rings is 1. The van der Waals surface area contributed by atoms with Crippen LogP contribution < -0.4 is 4.72 Å². The zero-order valence-electron chi connectivity index (χ0n) is 17.6. The molecule has 4 aromatic rings. The van der Waals surface area contributed by atoms with E-state index in [-0.39, 0.29) is 20.0 Å². The monoisotopic (exact) mass is 507 g/mol. The fraction of sp³-hybridized carbons (Fsp3) is 0.174. The Morgan fingerprint density at radius 3 is 2.34 bits per heavy atom. The predicted octanol–water partition coefficient (Wildman–Crippen LogP) is 6.77. The van der Waals surface area contributed by atoms with Crippen LogP contribution >= 0.6 is 34.8 Å². The molecule has 5 nitrogen and oxygen atoms in total. The summed E-state index contributed by atoms with van der Waals surface area (Å²) in [7, 11) is -4.10. The lowest BCUT2D eigenvalue weighted by atomic mass is 10.1. The van der Waals surface area contributed by atoms with Crippen molar-refractivity contribution in [2.75, 3.05) is 4.72 Å². The van der Waals surface area contributed by atoms with Crippen molar-refractivity contribution >= 4 is 61.5 Å². The minimum Gasteiger partial charge on any atom is -0.326 e. The number of benzene rings is 3. The molecule has 32 heavy (non-hydrogen) atoms. The van der Waals surface area contributed by atoms with Crippen molar-refractivity contribution in [2.45, 2.75) is 32.2 Å². The van der Waals surface area contributed by atoms with Gasteiger partial charge in [-0.2, -0.15) is 0 Å². The molecule has 0 atom stereocenters. The van der Waals surface area contributed by atoms with Gasteiger partial charge in [0.15, 0.2) is 0 Å². The highest BCUT2D eigenvalue weighted by molar-refractivity contribution is 7.93. The van der Waals surface area contributed by atoms with Gasteiger partial charge in [-0.05, 0) is 55.7 Å². The van der Waals surface area contributed by atoms with E-state index < -0.39 is 10.0 Å². The smallest absolute Gasteiger partial charge is 0.264 e. The molecule has 1 aromatic heterocycles. The van der Waals surface area contributed by atoms with Crippen molar-refractivity contribution in [3.63, 3.8) is 0 Å². The van der Waals surface area contributed by atoms with Gasteiger partial charge in [-0.25, -0.2) is 13.4 Å². The van der Waals surface area contributed by atoms with E-state index in [0.717, 1.165) is 22.2 Å². The standard InChI is InChI=1S/C23H20Cl3N3O2S/c1-13-5-4-6-16(7-13)11-29-12-27-22-20(29)8-14(2)15(3)21(22)28-32(30,31)23-18(25)9-17(24)10-19(23)26/h4-10,12,28H,11H2,1-3H3. The number of aromatic nitrogens is 2. The van der Waals surface area contributed by atoms with Crippen molar-refractivity contribution in [2.24, 2.45) is 0 Å². The van der Waals surface area contributed by atoms with Gasteiger partial charge in [0.25, 0.3) is 10.0 Å². The summed E-state index contributed by atoms with van der Waals surface area (Å²) in [5, 5.41) is 0.144. The lowest BCUT2D eigenvalue weighted by Crippen LogP contribution is -2.16. The van der Waals surface area contributed by atoms with Crippen molar-refractivity contribution in [3.8, 4) is 0 Å². The number of aryl methyl sites for hydroxylation is 2.